The fourth-order valence-corrected chi connectivity index (χ4v) is 2.40. The number of nitrogens with one attached hydrogen (secondary N) is 1. The average molecular weight is 169 g/mol. The lowest BCUT2D eigenvalue weighted by Gasteiger charge is -2.22. The van der Waals surface area contributed by atoms with Gasteiger partial charge in [0.05, 0.1) is 0 Å². The molecule has 0 radical (unpaired) electrons. The van der Waals surface area contributed by atoms with E-state index in [2.05, 4.69) is 19.3 Å². The smallest absolute Gasteiger partial charge is 0.00923 e. The molecule has 1 nitrogen and oxygen atoms in total. The molecule has 12 heavy (non-hydrogen) atoms. The molecule has 72 valence electrons. The van der Waals surface area contributed by atoms with Gasteiger partial charge in [-0.1, -0.05) is 32.6 Å². The maximum absolute atomic E-state index is 3.48. The van der Waals surface area contributed by atoms with Gasteiger partial charge in [0.1, 0.15) is 0 Å². The van der Waals surface area contributed by atoms with Crippen molar-refractivity contribution in [3.05, 3.63) is 0 Å². The second-order valence-corrected chi connectivity index (χ2v) is 4.08. The normalized spacial score (nSPS) is 21.5. The fourth-order valence-electron chi connectivity index (χ4n) is 2.40. The van der Waals surface area contributed by atoms with Gasteiger partial charge in [0.15, 0.2) is 0 Å². The predicted octanol–water partition coefficient (Wildman–Crippen LogP) is 2.95. The van der Waals surface area contributed by atoms with Crippen LogP contribution < -0.4 is 5.32 Å². The van der Waals surface area contributed by atoms with Crippen molar-refractivity contribution in [1.29, 1.82) is 0 Å². The van der Waals surface area contributed by atoms with Crippen molar-refractivity contribution >= 4 is 0 Å². The van der Waals surface area contributed by atoms with Crippen LogP contribution in [0, 0.1) is 5.92 Å². The van der Waals surface area contributed by atoms with Crippen molar-refractivity contribution < 1.29 is 0 Å². The molecule has 1 aliphatic rings. The Labute approximate surface area is 76.9 Å². The highest BCUT2D eigenvalue weighted by Gasteiger charge is 2.22. The summed E-state index contributed by atoms with van der Waals surface area (Å²) < 4.78 is 0. The molecule has 0 aliphatic heterocycles. The first kappa shape index (κ1) is 10.0. The molecule has 1 atom stereocenters. The van der Waals surface area contributed by atoms with Gasteiger partial charge in [-0.15, -0.1) is 0 Å². The molecule has 0 aromatic heterocycles. The predicted molar refractivity (Wildman–Crippen MR) is 54.3 cm³/mol. The van der Waals surface area contributed by atoms with Crippen molar-refractivity contribution in [2.45, 2.75) is 57.9 Å². The Morgan fingerprint density at radius 1 is 1.33 bits per heavy atom. The Hall–Kier alpha value is -0.0400. The first-order chi connectivity index (χ1) is 5.88. The monoisotopic (exact) mass is 169 g/mol. The zero-order chi connectivity index (χ0) is 8.81. The summed E-state index contributed by atoms with van der Waals surface area (Å²) in [6, 6.07) is 0.812. The second-order valence-electron chi connectivity index (χ2n) is 4.08. The van der Waals surface area contributed by atoms with Gasteiger partial charge in [-0.25, -0.2) is 0 Å². The SMILES string of the molecule is CCCCC(NC)C1CCCC1. The maximum atomic E-state index is 3.48. The number of unbranched alkanes of at least 4 members (excludes halogenated alkanes) is 1. The molecule has 0 bridgehead atoms. The van der Waals surface area contributed by atoms with Crippen LogP contribution in [-0.4, -0.2) is 13.1 Å². The Balaban J connectivity index is 2.22. The third kappa shape index (κ3) is 2.78. The summed E-state index contributed by atoms with van der Waals surface area (Å²) in [6.45, 7) is 2.28. The van der Waals surface area contributed by atoms with Crippen LogP contribution in [0.5, 0.6) is 0 Å². The minimum atomic E-state index is 0.812. The summed E-state index contributed by atoms with van der Waals surface area (Å²) in [7, 11) is 2.12. The van der Waals surface area contributed by atoms with Crippen LogP contribution >= 0.6 is 0 Å². The Bertz CT molecular complexity index is 106. The molecule has 1 aliphatic carbocycles. The zero-order valence-electron chi connectivity index (χ0n) is 8.60. The average Bonchev–Trinajstić information content (AvgIpc) is 2.59. The van der Waals surface area contributed by atoms with E-state index in [1.807, 2.05) is 0 Å². The van der Waals surface area contributed by atoms with Crippen molar-refractivity contribution in [2.75, 3.05) is 7.05 Å². The fraction of sp³-hybridized carbons (Fsp3) is 1.00. The highest BCUT2D eigenvalue weighted by Crippen LogP contribution is 2.29. The van der Waals surface area contributed by atoms with Gasteiger partial charge >= 0.3 is 0 Å². The Kier molecular flexibility index (Phi) is 4.67. The molecular formula is C11H23N. The summed E-state index contributed by atoms with van der Waals surface area (Å²) in [4.78, 5) is 0. The topological polar surface area (TPSA) is 12.0 Å². The lowest BCUT2D eigenvalue weighted by molar-refractivity contribution is 0.352. The van der Waals surface area contributed by atoms with Gasteiger partial charge in [-0.3, -0.25) is 0 Å². The molecule has 0 heterocycles. The standard InChI is InChI=1S/C11H23N/c1-3-4-9-11(12-2)10-7-5-6-8-10/h10-12H,3-9H2,1-2H3. The van der Waals surface area contributed by atoms with Crippen molar-refractivity contribution in [3.63, 3.8) is 0 Å². The zero-order valence-corrected chi connectivity index (χ0v) is 8.60. The van der Waals surface area contributed by atoms with Crippen LogP contribution in [0.2, 0.25) is 0 Å². The summed E-state index contributed by atoms with van der Waals surface area (Å²) in [5.74, 6) is 0.988. The van der Waals surface area contributed by atoms with E-state index in [0.717, 1.165) is 12.0 Å². The van der Waals surface area contributed by atoms with E-state index in [-0.39, 0.29) is 0 Å². The molecule has 1 rings (SSSR count). The summed E-state index contributed by atoms with van der Waals surface area (Å²) in [5.41, 5.74) is 0. The molecule has 0 saturated heterocycles. The number of rotatable bonds is 5. The number of hydrogen-bond donors (Lipinski definition) is 1. The molecule has 1 fully saturated rings. The second kappa shape index (κ2) is 5.58. The first-order valence-corrected chi connectivity index (χ1v) is 5.55. The minimum Gasteiger partial charge on any atom is -0.317 e. The highest BCUT2D eigenvalue weighted by molar-refractivity contribution is 4.79. The molecule has 0 amide bonds. The summed E-state index contributed by atoms with van der Waals surface area (Å²) in [5, 5.41) is 3.48. The van der Waals surface area contributed by atoms with Crippen LogP contribution in [-0.2, 0) is 0 Å². The maximum Gasteiger partial charge on any atom is 0.00923 e. The summed E-state index contributed by atoms with van der Waals surface area (Å²) >= 11 is 0. The van der Waals surface area contributed by atoms with Crippen LogP contribution in [0.3, 0.4) is 0 Å². The molecular weight excluding hydrogens is 146 g/mol. The van der Waals surface area contributed by atoms with E-state index in [4.69, 9.17) is 0 Å². The van der Waals surface area contributed by atoms with Gasteiger partial charge in [0, 0.05) is 6.04 Å². The van der Waals surface area contributed by atoms with Gasteiger partial charge in [0.25, 0.3) is 0 Å². The van der Waals surface area contributed by atoms with Gasteiger partial charge in [0.2, 0.25) is 0 Å². The summed E-state index contributed by atoms with van der Waals surface area (Å²) in [6.07, 6.45) is 9.99. The molecule has 0 aromatic carbocycles. The molecule has 1 heteroatoms. The third-order valence-corrected chi connectivity index (χ3v) is 3.21. The van der Waals surface area contributed by atoms with Crippen molar-refractivity contribution in [2.24, 2.45) is 5.92 Å². The minimum absolute atomic E-state index is 0.812. The van der Waals surface area contributed by atoms with Crippen LogP contribution in [0.4, 0.5) is 0 Å². The van der Waals surface area contributed by atoms with Gasteiger partial charge < -0.3 is 5.32 Å². The van der Waals surface area contributed by atoms with Crippen molar-refractivity contribution in [1.82, 2.24) is 5.32 Å². The van der Waals surface area contributed by atoms with E-state index in [1.165, 1.54) is 44.9 Å². The van der Waals surface area contributed by atoms with Crippen LogP contribution in [0.1, 0.15) is 51.9 Å². The largest absolute Gasteiger partial charge is 0.317 e. The molecule has 1 unspecified atom stereocenters. The van der Waals surface area contributed by atoms with Crippen molar-refractivity contribution in [3.8, 4) is 0 Å². The van der Waals surface area contributed by atoms with Crippen LogP contribution in [0.25, 0.3) is 0 Å². The van der Waals surface area contributed by atoms with E-state index in [9.17, 15) is 0 Å². The molecule has 0 spiro atoms. The van der Waals surface area contributed by atoms with E-state index < -0.39 is 0 Å². The lowest BCUT2D eigenvalue weighted by atomic mass is 9.94. The lowest BCUT2D eigenvalue weighted by Crippen LogP contribution is -2.32. The van der Waals surface area contributed by atoms with E-state index in [0.29, 0.717) is 0 Å². The molecule has 0 aromatic rings. The highest BCUT2D eigenvalue weighted by atomic mass is 14.9. The van der Waals surface area contributed by atoms with Gasteiger partial charge in [-0.05, 0) is 32.2 Å². The first-order valence-electron chi connectivity index (χ1n) is 5.55. The molecule has 1 saturated carbocycles. The van der Waals surface area contributed by atoms with E-state index in [1.54, 1.807) is 0 Å². The quantitative estimate of drug-likeness (QED) is 0.667. The Morgan fingerprint density at radius 3 is 2.50 bits per heavy atom. The molecule has 1 N–H and O–H groups in total. The number of hydrogen-bond acceptors (Lipinski definition) is 1. The van der Waals surface area contributed by atoms with Crippen LogP contribution in [0.15, 0.2) is 0 Å². The Morgan fingerprint density at radius 2 is 2.00 bits per heavy atom. The third-order valence-electron chi connectivity index (χ3n) is 3.21. The van der Waals surface area contributed by atoms with E-state index >= 15 is 0 Å². The van der Waals surface area contributed by atoms with Gasteiger partial charge in [-0.2, -0.15) is 0 Å².